The van der Waals surface area contributed by atoms with Crippen molar-refractivity contribution in [1.29, 1.82) is 0 Å². The molecule has 0 spiro atoms. The van der Waals surface area contributed by atoms with Gasteiger partial charge in [-0.15, -0.1) is 0 Å². The number of hydrogen-bond acceptors (Lipinski definition) is 7. The van der Waals surface area contributed by atoms with Crippen molar-refractivity contribution in [2.45, 2.75) is 42.2 Å². The van der Waals surface area contributed by atoms with Gasteiger partial charge >= 0.3 is 6.09 Å². The lowest BCUT2D eigenvalue weighted by Crippen LogP contribution is -2.49. The van der Waals surface area contributed by atoms with Crippen LogP contribution in [0.2, 0.25) is 5.02 Å². The zero-order chi connectivity index (χ0) is 19.0. The Morgan fingerprint density at radius 3 is 2.60 bits per heavy atom. The van der Waals surface area contributed by atoms with Crippen molar-refractivity contribution >= 4 is 27.5 Å². The lowest BCUT2D eigenvalue weighted by atomic mass is 10.1. The van der Waals surface area contributed by atoms with E-state index in [1.165, 1.54) is 18.3 Å². The van der Waals surface area contributed by atoms with E-state index >= 15 is 0 Å². The first kappa shape index (κ1) is 19.9. The second-order valence-corrected chi connectivity index (χ2v) is 9.48. The SMILES string of the molecule is CC(C)(C)OC(=O)N1C[C@H](S(=O)(=O)c2ccc(Cl)cn2)[C@](O)(CO)C1. The van der Waals surface area contributed by atoms with Crippen LogP contribution in [0, 0.1) is 0 Å². The number of carbonyl (C=O) groups excluding carboxylic acids is 1. The van der Waals surface area contributed by atoms with Crippen LogP contribution in [0.15, 0.2) is 23.4 Å². The van der Waals surface area contributed by atoms with Crippen molar-refractivity contribution in [2.75, 3.05) is 19.7 Å². The number of halogens is 1. The number of rotatable bonds is 3. The molecule has 8 nitrogen and oxygen atoms in total. The average Bonchev–Trinajstić information content (AvgIpc) is 2.85. The molecule has 2 rings (SSSR count). The molecule has 0 unspecified atom stereocenters. The third-order valence-electron chi connectivity index (χ3n) is 3.74. The van der Waals surface area contributed by atoms with Crippen molar-refractivity contribution in [3.8, 4) is 0 Å². The van der Waals surface area contributed by atoms with E-state index in [0.717, 1.165) is 4.90 Å². The summed E-state index contributed by atoms with van der Waals surface area (Å²) < 4.78 is 30.8. The molecule has 1 aliphatic heterocycles. The first-order valence-corrected chi connectivity index (χ1v) is 9.48. The molecule has 1 aromatic rings. The molecule has 25 heavy (non-hydrogen) atoms. The van der Waals surface area contributed by atoms with E-state index in [0.29, 0.717) is 0 Å². The van der Waals surface area contributed by atoms with Gasteiger partial charge in [0.2, 0.25) is 9.84 Å². The highest BCUT2D eigenvalue weighted by molar-refractivity contribution is 7.92. The lowest BCUT2D eigenvalue weighted by molar-refractivity contribution is -0.0108. The quantitative estimate of drug-likeness (QED) is 0.783. The second-order valence-electron chi connectivity index (χ2n) is 6.97. The summed E-state index contributed by atoms with van der Waals surface area (Å²) in [5.41, 5.74) is -2.79. The number of ether oxygens (including phenoxy) is 1. The van der Waals surface area contributed by atoms with Gasteiger partial charge < -0.3 is 19.8 Å². The summed E-state index contributed by atoms with van der Waals surface area (Å²) in [5.74, 6) is 0. The van der Waals surface area contributed by atoms with E-state index in [1.54, 1.807) is 20.8 Å². The number of likely N-dealkylation sites (tertiary alicyclic amines) is 1. The van der Waals surface area contributed by atoms with Gasteiger partial charge in [0.25, 0.3) is 0 Å². The van der Waals surface area contributed by atoms with Crippen LogP contribution in [0.1, 0.15) is 20.8 Å². The van der Waals surface area contributed by atoms with E-state index < -0.39 is 39.0 Å². The number of nitrogens with zero attached hydrogens (tertiary/aromatic N) is 2. The predicted octanol–water partition coefficient (Wildman–Crippen LogP) is 0.851. The minimum atomic E-state index is -4.11. The number of aliphatic hydroxyl groups is 2. The Morgan fingerprint density at radius 2 is 2.12 bits per heavy atom. The molecule has 1 amide bonds. The highest BCUT2D eigenvalue weighted by Crippen LogP contribution is 2.32. The molecule has 2 heterocycles. The summed E-state index contributed by atoms with van der Waals surface area (Å²) in [6, 6.07) is 2.58. The molecule has 0 saturated carbocycles. The normalized spacial score (nSPS) is 24.4. The van der Waals surface area contributed by atoms with Crippen LogP contribution in [-0.4, -0.2) is 70.8 Å². The Bertz CT molecular complexity index is 746. The van der Waals surface area contributed by atoms with Crippen LogP contribution in [0.3, 0.4) is 0 Å². The summed E-state index contributed by atoms with van der Waals surface area (Å²) in [6.45, 7) is 3.50. The van der Waals surface area contributed by atoms with Gasteiger partial charge in [0.05, 0.1) is 18.2 Å². The molecular formula is C15H21ClN2O6S. The number of aromatic nitrogens is 1. The van der Waals surface area contributed by atoms with Crippen molar-refractivity contribution in [2.24, 2.45) is 0 Å². The van der Waals surface area contributed by atoms with E-state index in [-0.39, 0.29) is 23.1 Å². The average molecular weight is 393 g/mol. The number of carbonyl (C=O) groups is 1. The van der Waals surface area contributed by atoms with E-state index in [2.05, 4.69) is 4.98 Å². The highest BCUT2D eigenvalue weighted by Gasteiger charge is 2.54. The van der Waals surface area contributed by atoms with Gasteiger partial charge in [0.1, 0.15) is 16.5 Å². The van der Waals surface area contributed by atoms with Crippen LogP contribution in [0.4, 0.5) is 4.79 Å². The van der Waals surface area contributed by atoms with Crippen molar-refractivity contribution < 1.29 is 28.2 Å². The monoisotopic (exact) mass is 392 g/mol. The molecule has 140 valence electrons. The van der Waals surface area contributed by atoms with Crippen LogP contribution < -0.4 is 0 Å². The van der Waals surface area contributed by atoms with Crippen LogP contribution in [0.5, 0.6) is 0 Å². The van der Waals surface area contributed by atoms with Gasteiger partial charge in [-0.1, -0.05) is 11.6 Å². The molecule has 0 bridgehead atoms. The minimum absolute atomic E-state index is 0.262. The Kier molecular flexibility index (Phi) is 5.34. The maximum absolute atomic E-state index is 12.8. The van der Waals surface area contributed by atoms with Gasteiger partial charge in [0, 0.05) is 12.7 Å². The predicted molar refractivity (Wildman–Crippen MR) is 90.1 cm³/mol. The van der Waals surface area contributed by atoms with Gasteiger partial charge in [-0.2, -0.15) is 0 Å². The van der Waals surface area contributed by atoms with Crippen molar-refractivity contribution in [3.63, 3.8) is 0 Å². The van der Waals surface area contributed by atoms with Crippen LogP contribution in [-0.2, 0) is 14.6 Å². The van der Waals surface area contributed by atoms with Gasteiger partial charge in [-0.25, -0.2) is 18.2 Å². The molecule has 0 aromatic carbocycles. The third kappa shape index (κ3) is 4.22. The number of pyridine rings is 1. The second kappa shape index (κ2) is 6.71. The largest absolute Gasteiger partial charge is 0.444 e. The fourth-order valence-corrected chi connectivity index (χ4v) is 4.51. The first-order chi connectivity index (χ1) is 11.4. The maximum atomic E-state index is 12.8. The molecule has 10 heteroatoms. The highest BCUT2D eigenvalue weighted by atomic mass is 35.5. The number of β-amino-alcohol motifs (C(OH)–C–C–N with tert-alkyl or cyclic N) is 1. The van der Waals surface area contributed by atoms with Crippen LogP contribution >= 0.6 is 11.6 Å². The Balaban J connectivity index is 2.33. The lowest BCUT2D eigenvalue weighted by Gasteiger charge is -2.26. The fourth-order valence-electron chi connectivity index (χ4n) is 2.55. The summed E-state index contributed by atoms with van der Waals surface area (Å²) in [4.78, 5) is 17.0. The molecule has 0 aliphatic carbocycles. The molecule has 2 N–H and O–H groups in total. The first-order valence-electron chi connectivity index (χ1n) is 7.56. The molecule has 2 atom stereocenters. The fraction of sp³-hybridized carbons (Fsp3) is 0.600. The van der Waals surface area contributed by atoms with Gasteiger partial charge in [-0.05, 0) is 32.9 Å². The Hall–Kier alpha value is -1.42. The van der Waals surface area contributed by atoms with E-state index in [4.69, 9.17) is 16.3 Å². The minimum Gasteiger partial charge on any atom is -0.444 e. The Labute approximate surface area is 151 Å². The summed E-state index contributed by atoms with van der Waals surface area (Å²) >= 11 is 5.71. The summed E-state index contributed by atoms with van der Waals surface area (Å²) in [7, 11) is -4.11. The van der Waals surface area contributed by atoms with Crippen LogP contribution in [0.25, 0.3) is 0 Å². The number of sulfone groups is 1. The maximum Gasteiger partial charge on any atom is 0.410 e. The molecule has 0 radical (unpaired) electrons. The van der Waals surface area contributed by atoms with Crippen molar-refractivity contribution in [3.05, 3.63) is 23.4 Å². The van der Waals surface area contributed by atoms with E-state index in [1.807, 2.05) is 0 Å². The van der Waals surface area contributed by atoms with Gasteiger partial charge in [0.15, 0.2) is 5.03 Å². The standard InChI is InChI=1S/C15H21ClN2O6S/c1-14(2,3)24-13(20)18-7-11(15(21,8-18)9-19)25(22,23)12-5-4-10(16)6-17-12/h4-6,11,19,21H,7-9H2,1-3H3/t11-,15+/m0/s1. The molecule has 1 aromatic heterocycles. The summed E-state index contributed by atoms with van der Waals surface area (Å²) in [5, 5.41) is 18.7. The number of amides is 1. The number of aliphatic hydroxyl groups excluding tert-OH is 1. The zero-order valence-corrected chi connectivity index (χ0v) is 15.7. The zero-order valence-electron chi connectivity index (χ0n) is 14.1. The number of hydrogen-bond donors (Lipinski definition) is 2. The van der Waals surface area contributed by atoms with Crippen molar-refractivity contribution in [1.82, 2.24) is 9.88 Å². The molecular weight excluding hydrogens is 372 g/mol. The third-order valence-corrected chi connectivity index (χ3v) is 6.13. The van der Waals surface area contributed by atoms with Gasteiger partial charge in [-0.3, -0.25) is 0 Å². The van der Waals surface area contributed by atoms with E-state index in [9.17, 15) is 23.4 Å². The summed E-state index contributed by atoms with van der Waals surface area (Å²) in [6.07, 6.45) is 0.411. The Morgan fingerprint density at radius 1 is 1.48 bits per heavy atom. The topological polar surface area (TPSA) is 117 Å². The smallest absolute Gasteiger partial charge is 0.410 e. The molecule has 1 saturated heterocycles. The molecule has 1 aliphatic rings. The molecule has 1 fully saturated rings.